The van der Waals surface area contributed by atoms with Crippen LogP contribution < -0.4 is 5.32 Å². The van der Waals surface area contributed by atoms with Gasteiger partial charge in [0.25, 0.3) is 0 Å². The van der Waals surface area contributed by atoms with Crippen LogP contribution >= 0.6 is 0 Å². The molecule has 0 unspecified atom stereocenters. The number of aliphatic hydroxyl groups is 1. The van der Waals surface area contributed by atoms with Crippen LogP contribution in [0.2, 0.25) is 0 Å². The molecule has 1 fully saturated rings. The SMILES string of the molecule is OCC1(CNc2nc3ccccn3n2)CCCCC1. The van der Waals surface area contributed by atoms with Gasteiger partial charge in [-0.25, -0.2) is 4.52 Å². The van der Waals surface area contributed by atoms with Crippen LogP contribution in [0.3, 0.4) is 0 Å². The van der Waals surface area contributed by atoms with Crippen LogP contribution in [0.15, 0.2) is 24.4 Å². The van der Waals surface area contributed by atoms with Crippen molar-refractivity contribution in [3.8, 4) is 0 Å². The van der Waals surface area contributed by atoms with Crippen molar-refractivity contribution >= 4 is 11.6 Å². The summed E-state index contributed by atoms with van der Waals surface area (Å²) in [6.45, 7) is 0.994. The highest BCUT2D eigenvalue weighted by Gasteiger charge is 2.31. The lowest BCUT2D eigenvalue weighted by Gasteiger charge is -2.35. The summed E-state index contributed by atoms with van der Waals surface area (Å²) in [5, 5.41) is 17.3. The van der Waals surface area contributed by atoms with E-state index in [0.29, 0.717) is 5.95 Å². The maximum atomic E-state index is 9.67. The van der Waals surface area contributed by atoms with Crippen LogP contribution in [0.4, 0.5) is 5.95 Å². The Bertz CT molecular complexity index is 512. The molecule has 0 amide bonds. The lowest BCUT2D eigenvalue weighted by Crippen LogP contribution is -2.35. The smallest absolute Gasteiger partial charge is 0.243 e. The molecular weight excluding hydrogens is 240 g/mol. The Hall–Kier alpha value is -1.62. The fraction of sp³-hybridized carbons (Fsp3) is 0.571. The molecule has 0 aliphatic heterocycles. The number of rotatable bonds is 4. The van der Waals surface area contributed by atoms with Gasteiger partial charge in [0.15, 0.2) is 5.65 Å². The maximum absolute atomic E-state index is 9.67. The third-order valence-corrected chi connectivity index (χ3v) is 4.11. The van der Waals surface area contributed by atoms with E-state index in [1.54, 1.807) is 4.52 Å². The zero-order valence-electron chi connectivity index (χ0n) is 11.0. The normalized spacial score (nSPS) is 18.6. The summed E-state index contributed by atoms with van der Waals surface area (Å²) in [5.74, 6) is 0.643. The standard InChI is InChI=1S/C14H20N4O/c19-11-14(7-3-1-4-8-14)10-15-13-16-12-6-2-5-9-18(12)17-13/h2,5-6,9,19H,1,3-4,7-8,10-11H2,(H,15,17). The van der Waals surface area contributed by atoms with Crippen molar-refractivity contribution in [2.75, 3.05) is 18.5 Å². The molecule has 1 aliphatic carbocycles. The summed E-state index contributed by atoms with van der Waals surface area (Å²) in [6.07, 6.45) is 7.76. The van der Waals surface area contributed by atoms with Crippen LogP contribution in [0.5, 0.6) is 0 Å². The van der Waals surface area contributed by atoms with Crippen molar-refractivity contribution in [2.24, 2.45) is 5.41 Å². The lowest BCUT2D eigenvalue weighted by molar-refractivity contribution is 0.0942. The van der Waals surface area contributed by atoms with Crippen LogP contribution in [0.25, 0.3) is 5.65 Å². The van der Waals surface area contributed by atoms with Gasteiger partial charge in [-0.15, -0.1) is 5.10 Å². The molecular formula is C14H20N4O. The van der Waals surface area contributed by atoms with Crippen molar-refractivity contribution in [1.29, 1.82) is 0 Å². The van der Waals surface area contributed by atoms with Crippen LogP contribution in [-0.2, 0) is 0 Å². The first-order valence-corrected chi connectivity index (χ1v) is 6.98. The monoisotopic (exact) mass is 260 g/mol. The topological polar surface area (TPSA) is 62.5 Å². The Balaban J connectivity index is 1.70. The molecule has 2 heterocycles. The molecule has 102 valence electrons. The maximum Gasteiger partial charge on any atom is 0.243 e. The van der Waals surface area contributed by atoms with E-state index in [-0.39, 0.29) is 12.0 Å². The number of aliphatic hydroxyl groups excluding tert-OH is 1. The third-order valence-electron chi connectivity index (χ3n) is 4.11. The first kappa shape index (κ1) is 12.4. The highest BCUT2D eigenvalue weighted by atomic mass is 16.3. The number of anilines is 1. The number of aromatic nitrogens is 3. The second-order valence-corrected chi connectivity index (χ2v) is 5.51. The molecule has 0 bridgehead atoms. The average molecular weight is 260 g/mol. The molecule has 2 N–H and O–H groups in total. The highest BCUT2D eigenvalue weighted by Crippen LogP contribution is 2.35. The van der Waals surface area contributed by atoms with Crippen LogP contribution in [0, 0.1) is 5.41 Å². The second kappa shape index (κ2) is 5.17. The first-order valence-electron chi connectivity index (χ1n) is 6.98. The Morgan fingerprint density at radius 1 is 1.26 bits per heavy atom. The number of hydrogen-bond donors (Lipinski definition) is 2. The predicted molar refractivity (Wildman–Crippen MR) is 74.1 cm³/mol. The predicted octanol–water partition coefficient (Wildman–Crippen LogP) is 2.08. The summed E-state index contributed by atoms with van der Waals surface area (Å²) < 4.78 is 1.76. The molecule has 0 aromatic carbocycles. The van der Waals surface area contributed by atoms with Gasteiger partial charge in [-0.1, -0.05) is 25.3 Å². The average Bonchev–Trinajstić information content (AvgIpc) is 2.89. The van der Waals surface area contributed by atoms with Crippen molar-refractivity contribution in [3.63, 3.8) is 0 Å². The number of nitrogens with zero attached hydrogens (tertiary/aromatic N) is 3. The Kier molecular flexibility index (Phi) is 3.38. The molecule has 0 atom stereocenters. The second-order valence-electron chi connectivity index (χ2n) is 5.51. The summed E-state index contributed by atoms with van der Waals surface area (Å²) in [5.41, 5.74) is 0.849. The Labute approximate surface area is 112 Å². The minimum absolute atomic E-state index is 0.00965. The molecule has 19 heavy (non-hydrogen) atoms. The van der Waals surface area contributed by atoms with Gasteiger partial charge in [0, 0.05) is 18.2 Å². The van der Waals surface area contributed by atoms with Crippen molar-refractivity contribution in [2.45, 2.75) is 32.1 Å². The van der Waals surface area contributed by atoms with Gasteiger partial charge in [0.1, 0.15) is 0 Å². The lowest BCUT2D eigenvalue weighted by atomic mass is 9.74. The van der Waals surface area contributed by atoms with Gasteiger partial charge in [-0.3, -0.25) is 0 Å². The summed E-state index contributed by atoms with van der Waals surface area (Å²) >= 11 is 0. The van der Waals surface area contributed by atoms with Gasteiger partial charge >= 0.3 is 0 Å². The van der Waals surface area contributed by atoms with E-state index in [1.165, 1.54) is 19.3 Å². The van der Waals surface area contributed by atoms with E-state index < -0.39 is 0 Å². The van der Waals surface area contributed by atoms with Gasteiger partial charge in [0.05, 0.1) is 6.61 Å². The zero-order valence-corrected chi connectivity index (χ0v) is 11.0. The summed E-state index contributed by atoms with van der Waals surface area (Å²) in [6, 6.07) is 5.81. The molecule has 1 aliphatic rings. The number of nitrogens with one attached hydrogen (secondary N) is 1. The Morgan fingerprint density at radius 2 is 2.11 bits per heavy atom. The summed E-state index contributed by atoms with van der Waals surface area (Å²) in [7, 11) is 0. The molecule has 5 heteroatoms. The molecule has 5 nitrogen and oxygen atoms in total. The minimum Gasteiger partial charge on any atom is -0.396 e. The van der Waals surface area contributed by atoms with E-state index in [0.717, 1.165) is 25.0 Å². The van der Waals surface area contributed by atoms with E-state index >= 15 is 0 Å². The zero-order chi connectivity index (χ0) is 13.1. The van der Waals surface area contributed by atoms with E-state index in [9.17, 15) is 5.11 Å². The number of fused-ring (bicyclic) bond motifs is 1. The van der Waals surface area contributed by atoms with Crippen molar-refractivity contribution < 1.29 is 5.11 Å². The number of hydrogen-bond acceptors (Lipinski definition) is 4. The molecule has 0 radical (unpaired) electrons. The fourth-order valence-electron chi connectivity index (χ4n) is 2.87. The van der Waals surface area contributed by atoms with E-state index in [1.807, 2.05) is 24.4 Å². The highest BCUT2D eigenvalue weighted by molar-refractivity contribution is 5.42. The van der Waals surface area contributed by atoms with Gasteiger partial charge in [-0.05, 0) is 25.0 Å². The molecule has 2 aromatic heterocycles. The van der Waals surface area contributed by atoms with Gasteiger partial charge < -0.3 is 10.4 Å². The van der Waals surface area contributed by atoms with E-state index in [4.69, 9.17) is 0 Å². The molecule has 0 spiro atoms. The molecule has 2 aromatic rings. The summed E-state index contributed by atoms with van der Waals surface area (Å²) in [4.78, 5) is 4.42. The largest absolute Gasteiger partial charge is 0.396 e. The van der Waals surface area contributed by atoms with E-state index in [2.05, 4.69) is 15.4 Å². The third kappa shape index (κ3) is 2.56. The van der Waals surface area contributed by atoms with Crippen molar-refractivity contribution in [1.82, 2.24) is 14.6 Å². The quantitative estimate of drug-likeness (QED) is 0.883. The van der Waals surface area contributed by atoms with Crippen LogP contribution in [0.1, 0.15) is 32.1 Å². The van der Waals surface area contributed by atoms with Crippen LogP contribution in [-0.4, -0.2) is 32.9 Å². The molecule has 3 rings (SSSR count). The molecule has 0 saturated heterocycles. The first-order chi connectivity index (χ1) is 9.31. The fourth-order valence-corrected chi connectivity index (χ4v) is 2.87. The van der Waals surface area contributed by atoms with Crippen molar-refractivity contribution in [3.05, 3.63) is 24.4 Å². The Morgan fingerprint density at radius 3 is 2.84 bits per heavy atom. The van der Waals surface area contributed by atoms with Gasteiger partial charge in [-0.2, -0.15) is 4.98 Å². The minimum atomic E-state index is 0.00965. The molecule has 1 saturated carbocycles. The van der Waals surface area contributed by atoms with Gasteiger partial charge in [0.2, 0.25) is 5.95 Å². The number of pyridine rings is 1.